The minimum atomic E-state index is 0.233. The minimum Gasteiger partial charge on any atom is -0.506 e. The lowest BCUT2D eigenvalue weighted by Gasteiger charge is -2.11. The van der Waals surface area contributed by atoms with E-state index < -0.39 is 0 Å². The topological polar surface area (TPSA) is 46.2 Å². The molecule has 1 aromatic carbocycles. The highest BCUT2D eigenvalue weighted by Crippen LogP contribution is 2.33. The number of unbranched alkanes of at least 4 members (excludes halogenated alkanes) is 1. The Morgan fingerprint density at radius 2 is 2.00 bits per heavy atom. The number of phenols is 1. The molecule has 3 N–H and O–H groups in total. The Morgan fingerprint density at radius 3 is 2.60 bits per heavy atom. The maximum absolute atomic E-state index is 9.84. The Bertz CT molecular complexity index is 350. The molecule has 0 fully saturated rings. The molecular formula is C12H18ClNO. The van der Waals surface area contributed by atoms with Crippen LogP contribution in [-0.2, 0) is 6.42 Å². The molecular weight excluding hydrogens is 210 g/mol. The van der Waals surface area contributed by atoms with E-state index in [0.717, 1.165) is 36.0 Å². The lowest BCUT2D eigenvalue weighted by molar-refractivity contribution is 0.466. The van der Waals surface area contributed by atoms with Gasteiger partial charge < -0.3 is 10.8 Å². The summed E-state index contributed by atoms with van der Waals surface area (Å²) < 4.78 is 0. The van der Waals surface area contributed by atoms with Gasteiger partial charge in [-0.2, -0.15) is 0 Å². The summed E-state index contributed by atoms with van der Waals surface area (Å²) in [5.74, 6) is 0.233. The molecule has 0 aromatic heterocycles. The third-order valence-electron chi connectivity index (χ3n) is 2.72. The summed E-state index contributed by atoms with van der Waals surface area (Å²) in [5.41, 5.74) is 8.43. The Kier molecular flexibility index (Phi) is 4.43. The van der Waals surface area contributed by atoms with Crippen molar-refractivity contribution in [2.75, 3.05) is 6.54 Å². The van der Waals surface area contributed by atoms with Gasteiger partial charge in [0.25, 0.3) is 0 Å². The average molecular weight is 228 g/mol. The first kappa shape index (κ1) is 12.3. The molecule has 0 atom stereocenters. The molecule has 0 saturated heterocycles. The molecule has 2 nitrogen and oxygen atoms in total. The normalized spacial score (nSPS) is 10.7. The zero-order chi connectivity index (χ0) is 11.4. The first-order chi connectivity index (χ1) is 7.07. The van der Waals surface area contributed by atoms with E-state index >= 15 is 0 Å². The predicted octanol–water partition coefficient (Wildman–Crippen LogP) is 2.94. The summed E-state index contributed by atoms with van der Waals surface area (Å²) in [4.78, 5) is 0. The van der Waals surface area contributed by atoms with Gasteiger partial charge in [-0.1, -0.05) is 17.7 Å². The van der Waals surface area contributed by atoms with Gasteiger partial charge in [0.1, 0.15) is 5.75 Å². The third-order valence-corrected chi connectivity index (χ3v) is 3.19. The van der Waals surface area contributed by atoms with Crippen LogP contribution in [-0.4, -0.2) is 11.7 Å². The second kappa shape index (κ2) is 5.38. The minimum absolute atomic E-state index is 0.233. The van der Waals surface area contributed by atoms with Crippen molar-refractivity contribution in [2.45, 2.75) is 33.1 Å². The summed E-state index contributed by atoms with van der Waals surface area (Å²) in [5, 5.41) is 10.3. The van der Waals surface area contributed by atoms with Gasteiger partial charge in [0.05, 0.1) is 5.02 Å². The van der Waals surface area contributed by atoms with Crippen LogP contribution in [0.3, 0.4) is 0 Å². The highest BCUT2D eigenvalue weighted by molar-refractivity contribution is 6.33. The van der Waals surface area contributed by atoms with Gasteiger partial charge >= 0.3 is 0 Å². The molecule has 1 aromatic rings. The van der Waals surface area contributed by atoms with Crippen LogP contribution in [0.15, 0.2) is 6.07 Å². The number of benzene rings is 1. The van der Waals surface area contributed by atoms with Gasteiger partial charge in [0.15, 0.2) is 0 Å². The maximum atomic E-state index is 9.84. The highest BCUT2D eigenvalue weighted by Gasteiger charge is 2.10. The molecule has 0 amide bonds. The molecule has 84 valence electrons. The van der Waals surface area contributed by atoms with Crippen molar-refractivity contribution in [1.29, 1.82) is 0 Å². The Hall–Kier alpha value is -0.730. The standard InChI is InChI=1S/C12H18ClNO/c1-8-7-10(5-3-4-6-14)12(15)11(13)9(8)2/h7,15H,3-6,14H2,1-2H3. The van der Waals surface area contributed by atoms with Crippen molar-refractivity contribution in [3.05, 3.63) is 27.8 Å². The number of aromatic hydroxyl groups is 1. The monoisotopic (exact) mass is 227 g/mol. The fraction of sp³-hybridized carbons (Fsp3) is 0.500. The second-order valence-corrected chi connectivity index (χ2v) is 4.26. The van der Waals surface area contributed by atoms with E-state index in [9.17, 15) is 5.11 Å². The largest absolute Gasteiger partial charge is 0.506 e. The fourth-order valence-corrected chi connectivity index (χ4v) is 1.85. The first-order valence-corrected chi connectivity index (χ1v) is 5.63. The summed E-state index contributed by atoms with van der Waals surface area (Å²) >= 11 is 6.03. The van der Waals surface area contributed by atoms with Gasteiger partial charge in [-0.05, 0) is 56.3 Å². The number of hydrogen-bond acceptors (Lipinski definition) is 2. The van der Waals surface area contributed by atoms with Crippen molar-refractivity contribution in [2.24, 2.45) is 5.73 Å². The van der Waals surface area contributed by atoms with Gasteiger partial charge in [0.2, 0.25) is 0 Å². The second-order valence-electron chi connectivity index (χ2n) is 3.89. The number of aryl methyl sites for hydroxylation is 2. The van der Waals surface area contributed by atoms with Crippen LogP contribution in [0.5, 0.6) is 5.75 Å². The number of phenolic OH excluding ortho intramolecular Hbond substituents is 1. The van der Waals surface area contributed by atoms with Crippen molar-refractivity contribution in [3.63, 3.8) is 0 Å². The fourth-order valence-electron chi connectivity index (χ4n) is 1.58. The van der Waals surface area contributed by atoms with E-state index in [4.69, 9.17) is 17.3 Å². The molecule has 0 radical (unpaired) electrons. The van der Waals surface area contributed by atoms with Crippen LogP contribution in [0.4, 0.5) is 0 Å². The number of halogens is 1. The van der Waals surface area contributed by atoms with E-state index in [0.29, 0.717) is 11.6 Å². The summed E-state index contributed by atoms with van der Waals surface area (Å²) in [6, 6.07) is 2.01. The Labute approximate surface area is 96.1 Å². The van der Waals surface area contributed by atoms with Crippen molar-refractivity contribution >= 4 is 11.6 Å². The van der Waals surface area contributed by atoms with E-state index in [2.05, 4.69) is 0 Å². The SMILES string of the molecule is Cc1cc(CCCCN)c(O)c(Cl)c1C. The Balaban J connectivity index is 2.89. The molecule has 0 saturated carbocycles. The van der Waals surface area contributed by atoms with Crippen LogP contribution in [0.1, 0.15) is 29.5 Å². The van der Waals surface area contributed by atoms with Gasteiger partial charge in [-0.15, -0.1) is 0 Å². The average Bonchev–Trinajstić information content (AvgIpc) is 2.23. The molecule has 1 rings (SSSR count). The molecule has 3 heteroatoms. The Morgan fingerprint density at radius 1 is 1.33 bits per heavy atom. The van der Waals surface area contributed by atoms with Gasteiger partial charge in [-0.3, -0.25) is 0 Å². The van der Waals surface area contributed by atoms with E-state index in [-0.39, 0.29) is 5.75 Å². The van der Waals surface area contributed by atoms with Crippen LogP contribution in [0.2, 0.25) is 5.02 Å². The molecule has 0 spiro atoms. The van der Waals surface area contributed by atoms with Crippen LogP contribution in [0, 0.1) is 13.8 Å². The van der Waals surface area contributed by atoms with E-state index in [1.165, 1.54) is 0 Å². The molecule has 0 aliphatic heterocycles. The van der Waals surface area contributed by atoms with Crippen molar-refractivity contribution in [3.8, 4) is 5.75 Å². The van der Waals surface area contributed by atoms with E-state index in [1.54, 1.807) is 0 Å². The maximum Gasteiger partial charge on any atom is 0.137 e. The smallest absolute Gasteiger partial charge is 0.137 e. The van der Waals surface area contributed by atoms with Crippen LogP contribution < -0.4 is 5.73 Å². The molecule has 0 bridgehead atoms. The first-order valence-electron chi connectivity index (χ1n) is 5.25. The molecule has 0 aliphatic rings. The molecule has 0 unspecified atom stereocenters. The lowest BCUT2D eigenvalue weighted by atomic mass is 10.0. The third kappa shape index (κ3) is 2.86. The number of hydrogen-bond donors (Lipinski definition) is 2. The predicted molar refractivity (Wildman–Crippen MR) is 64.6 cm³/mol. The van der Waals surface area contributed by atoms with Crippen LogP contribution >= 0.6 is 11.6 Å². The molecule has 0 aliphatic carbocycles. The van der Waals surface area contributed by atoms with Crippen LogP contribution in [0.25, 0.3) is 0 Å². The summed E-state index contributed by atoms with van der Waals surface area (Å²) in [6.07, 6.45) is 2.80. The molecule has 0 heterocycles. The summed E-state index contributed by atoms with van der Waals surface area (Å²) in [6.45, 7) is 4.62. The quantitative estimate of drug-likeness (QED) is 0.777. The van der Waals surface area contributed by atoms with Gasteiger partial charge in [-0.25, -0.2) is 0 Å². The summed E-state index contributed by atoms with van der Waals surface area (Å²) in [7, 11) is 0. The van der Waals surface area contributed by atoms with Crippen molar-refractivity contribution in [1.82, 2.24) is 0 Å². The molecule has 15 heavy (non-hydrogen) atoms. The highest BCUT2D eigenvalue weighted by atomic mass is 35.5. The van der Waals surface area contributed by atoms with E-state index in [1.807, 2.05) is 19.9 Å². The zero-order valence-corrected chi connectivity index (χ0v) is 10.1. The number of rotatable bonds is 4. The lowest BCUT2D eigenvalue weighted by Crippen LogP contribution is -1.99. The number of nitrogens with two attached hydrogens (primary N) is 1. The zero-order valence-electron chi connectivity index (χ0n) is 9.31. The van der Waals surface area contributed by atoms with Crippen molar-refractivity contribution < 1.29 is 5.11 Å². The van der Waals surface area contributed by atoms with Gasteiger partial charge in [0, 0.05) is 0 Å².